The van der Waals surface area contributed by atoms with Crippen LogP contribution in [0, 0.1) is 6.92 Å². The van der Waals surface area contributed by atoms with E-state index in [0.717, 1.165) is 25.7 Å². The number of hydrogen-bond acceptors (Lipinski definition) is 4. The van der Waals surface area contributed by atoms with Crippen LogP contribution in [0.1, 0.15) is 41.8 Å². The van der Waals surface area contributed by atoms with Crippen molar-refractivity contribution in [2.45, 2.75) is 37.5 Å². The smallest absolute Gasteiger partial charge is 0.372 e. The highest BCUT2D eigenvalue weighted by Gasteiger charge is 2.26. The minimum Gasteiger partial charge on any atom is -0.475 e. The molecule has 2 aromatic rings. The number of hydrogen-bond donors (Lipinski definition) is 1. The highest BCUT2D eigenvalue weighted by molar-refractivity contribution is 7.89. The third-order valence-electron chi connectivity index (χ3n) is 4.30. The number of furan rings is 1. The van der Waals surface area contributed by atoms with Crippen molar-refractivity contribution in [3.05, 3.63) is 29.5 Å². The van der Waals surface area contributed by atoms with Crippen LogP contribution in [-0.4, -0.2) is 36.9 Å². The molecule has 1 fully saturated rings. The maximum Gasteiger partial charge on any atom is 0.372 e. The van der Waals surface area contributed by atoms with Crippen molar-refractivity contribution in [2.75, 3.05) is 13.1 Å². The normalized spacial score (nSPS) is 17.3. The Morgan fingerprint density at radius 2 is 1.83 bits per heavy atom. The second kappa shape index (κ2) is 5.98. The Kier molecular flexibility index (Phi) is 4.16. The minimum atomic E-state index is -3.56. The molecule has 23 heavy (non-hydrogen) atoms. The van der Waals surface area contributed by atoms with E-state index in [2.05, 4.69) is 0 Å². The predicted octanol–water partition coefficient (Wildman–Crippen LogP) is 3.00. The number of nitrogens with zero attached hydrogens (tertiary/aromatic N) is 1. The molecule has 1 aliphatic heterocycles. The predicted molar refractivity (Wildman–Crippen MR) is 85.1 cm³/mol. The van der Waals surface area contributed by atoms with Crippen molar-refractivity contribution < 1.29 is 22.7 Å². The van der Waals surface area contributed by atoms with Gasteiger partial charge in [-0.05, 0) is 38.0 Å². The first-order valence-corrected chi connectivity index (χ1v) is 9.12. The van der Waals surface area contributed by atoms with E-state index in [9.17, 15) is 13.2 Å². The summed E-state index contributed by atoms with van der Waals surface area (Å²) in [6.45, 7) is 2.69. The molecule has 1 aromatic heterocycles. The molecule has 0 saturated carbocycles. The van der Waals surface area contributed by atoms with Crippen molar-refractivity contribution in [1.29, 1.82) is 0 Å². The first kappa shape index (κ1) is 16.0. The third kappa shape index (κ3) is 2.86. The van der Waals surface area contributed by atoms with Gasteiger partial charge in [-0.15, -0.1) is 0 Å². The molecule has 0 aliphatic carbocycles. The molecule has 1 aromatic carbocycles. The molecular formula is C16H19NO5S. The summed E-state index contributed by atoms with van der Waals surface area (Å²) in [5, 5.41) is 9.64. The topological polar surface area (TPSA) is 87.8 Å². The number of carboxylic acid groups (broad SMARTS) is 1. The minimum absolute atomic E-state index is 0.149. The van der Waals surface area contributed by atoms with Crippen LogP contribution < -0.4 is 0 Å². The number of fused-ring (bicyclic) bond motifs is 1. The van der Waals surface area contributed by atoms with Gasteiger partial charge in [-0.2, -0.15) is 4.31 Å². The quantitative estimate of drug-likeness (QED) is 0.930. The number of aromatic carboxylic acids is 1. The Labute approximate surface area is 134 Å². The number of rotatable bonds is 3. The van der Waals surface area contributed by atoms with E-state index in [-0.39, 0.29) is 10.7 Å². The fourth-order valence-corrected chi connectivity index (χ4v) is 4.54. The van der Waals surface area contributed by atoms with Gasteiger partial charge in [0.2, 0.25) is 15.8 Å². The molecular weight excluding hydrogens is 318 g/mol. The summed E-state index contributed by atoms with van der Waals surface area (Å²) in [7, 11) is -3.56. The highest BCUT2D eigenvalue weighted by atomic mass is 32.2. The lowest BCUT2D eigenvalue weighted by atomic mass is 10.1. The molecule has 0 radical (unpaired) electrons. The van der Waals surface area contributed by atoms with Crippen LogP contribution in [-0.2, 0) is 10.0 Å². The van der Waals surface area contributed by atoms with E-state index < -0.39 is 16.0 Å². The molecule has 0 atom stereocenters. The second-order valence-electron chi connectivity index (χ2n) is 5.84. The second-order valence-corrected chi connectivity index (χ2v) is 7.78. The number of carboxylic acids is 1. The number of aryl methyl sites for hydroxylation is 1. The molecule has 0 spiro atoms. The van der Waals surface area contributed by atoms with E-state index >= 15 is 0 Å². The first-order valence-electron chi connectivity index (χ1n) is 7.68. The van der Waals surface area contributed by atoms with Crippen molar-refractivity contribution >= 4 is 27.0 Å². The van der Waals surface area contributed by atoms with Crippen molar-refractivity contribution in [2.24, 2.45) is 0 Å². The Hall–Kier alpha value is -1.86. The molecule has 124 valence electrons. The number of benzene rings is 1. The molecule has 1 N–H and O–H groups in total. The molecule has 0 bridgehead atoms. The van der Waals surface area contributed by atoms with Crippen LogP contribution >= 0.6 is 0 Å². The molecule has 2 heterocycles. The van der Waals surface area contributed by atoms with Gasteiger partial charge < -0.3 is 9.52 Å². The molecule has 0 unspecified atom stereocenters. The van der Waals surface area contributed by atoms with E-state index in [1.165, 1.54) is 22.5 Å². The molecule has 1 aliphatic rings. The number of carbonyl (C=O) groups is 1. The lowest BCUT2D eigenvalue weighted by Crippen LogP contribution is -2.31. The molecule has 0 amide bonds. The summed E-state index contributed by atoms with van der Waals surface area (Å²) in [4.78, 5) is 11.3. The zero-order chi connectivity index (χ0) is 16.6. The first-order chi connectivity index (χ1) is 10.9. The highest BCUT2D eigenvalue weighted by Crippen LogP contribution is 2.29. The van der Waals surface area contributed by atoms with Crippen LogP contribution in [0.25, 0.3) is 11.0 Å². The van der Waals surface area contributed by atoms with Crippen LogP contribution in [0.3, 0.4) is 0 Å². The van der Waals surface area contributed by atoms with Gasteiger partial charge in [-0.1, -0.05) is 12.8 Å². The van der Waals surface area contributed by atoms with Crippen LogP contribution in [0.4, 0.5) is 0 Å². The van der Waals surface area contributed by atoms with Gasteiger partial charge in [0, 0.05) is 24.0 Å². The summed E-state index contributed by atoms with van der Waals surface area (Å²) in [6, 6.07) is 4.53. The van der Waals surface area contributed by atoms with E-state index in [1.807, 2.05) is 0 Å². The fourth-order valence-electron chi connectivity index (χ4n) is 3.00. The van der Waals surface area contributed by atoms with Crippen molar-refractivity contribution in [1.82, 2.24) is 4.31 Å². The van der Waals surface area contributed by atoms with Gasteiger partial charge >= 0.3 is 5.97 Å². The Balaban J connectivity index is 2.05. The van der Waals surface area contributed by atoms with Crippen molar-refractivity contribution in [3.63, 3.8) is 0 Å². The average Bonchev–Trinajstić information content (AvgIpc) is 2.70. The lowest BCUT2D eigenvalue weighted by molar-refractivity contribution is 0.0664. The SMILES string of the molecule is Cc1c(C(=O)O)oc2ccc(S(=O)(=O)N3CCCCCC3)cc12. The Morgan fingerprint density at radius 1 is 1.17 bits per heavy atom. The molecule has 1 saturated heterocycles. The maximum atomic E-state index is 12.8. The third-order valence-corrected chi connectivity index (χ3v) is 6.20. The summed E-state index contributed by atoms with van der Waals surface area (Å²) in [6.07, 6.45) is 3.84. The molecule has 7 heteroatoms. The maximum absolute atomic E-state index is 12.8. The van der Waals surface area contributed by atoms with Gasteiger partial charge in [0.15, 0.2) is 0 Å². The van der Waals surface area contributed by atoms with Gasteiger partial charge in [0.1, 0.15) is 5.58 Å². The zero-order valence-electron chi connectivity index (χ0n) is 12.9. The summed E-state index contributed by atoms with van der Waals surface area (Å²) < 4.78 is 32.4. The standard InChI is InChI=1S/C16H19NO5S/c1-11-13-10-12(6-7-14(13)22-15(11)16(18)19)23(20,21)17-8-4-2-3-5-9-17/h6-7,10H,2-5,8-9H2,1H3,(H,18,19). The van der Waals surface area contributed by atoms with Gasteiger partial charge in [0.05, 0.1) is 4.90 Å². The van der Waals surface area contributed by atoms with E-state index in [1.54, 1.807) is 6.92 Å². The summed E-state index contributed by atoms with van der Waals surface area (Å²) in [5.41, 5.74) is 0.829. The summed E-state index contributed by atoms with van der Waals surface area (Å²) >= 11 is 0. The fraction of sp³-hybridized carbons (Fsp3) is 0.438. The Morgan fingerprint density at radius 3 is 2.43 bits per heavy atom. The van der Waals surface area contributed by atoms with Crippen LogP contribution in [0.5, 0.6) is 0 Å². The zero-order valence-corrected chi connectivity index (χ0v) is 13.7. The molecule has 3 rings (SSSR count). The Bertz CT molecular complexity index is 845. The van der Waals surface area contributed by atoms with E-state index in [4.69, 9.17) is 9.52 Å². The lowest BCUT2D eigenvalue weighted by Gasteiger charge is -2.19. The van der Waals surface area contributed by atoms with Gasteiger partial charge in [-0.3, -0.25) is 0 Å². The average molecular weight is 337 g/mol. The van der Waals surface area contributed by atoms with Crippen LogP contribution in [0.15, 0.2) is 27.5 Å². The monoisotopic (exact) mass is 337 g/mol. The summed E-state index contributed by atoms with van der Waals surface area (Å²) in [5.74, 6) is -1.31. The van der Waals surface area contributed by atoms with Gasteiger partial charge in [0.25, 0.3) is 0 Å². The largest absolute Gasteiger partial charge is 0.475 e. The van der Waals surface area contributed by atoms with Crippen LogP contribution in [0.2, 0.25) is 0 Å². The van der Waals surface area contributed by atoms with Crippen molar-refractivity contribution in [3.8, 4) is 0 Å². The van der Waals surface area contributed by atoms with Gasteiger partial charge in [-0.25, -0.2) is 13.2 Å². The van der Waals surface area contributed by atoms with E-state index in [0.29, 0.717) is 29.6 Å². The molecule has 6 nitrogen and oxygen atoms in total. The number of sulfonamides is 1.